The second-order valence-electron chi connectivity index (χ2n) is 1.32. The number of rotatable bonds is 2. The molecule has 6 heavy (non-hydrogen) atoms. The summed E-state index contributed by atoms with van der Waals surface area (Å²) in [7, 11) is 0. The number of nitrogens with zero attached hydrogens (tertiary/aromatic N) is 1. The number of hydrogen-bond acceptors (Lipinski definition) is 1. The molecule has 0 aromatic rings. The molecule has 36 valence electrons. The van der Waals surface area contributed by atoms with Crippen LogP contribution in [0, 0.1) is 0 Å². The zero-order valence-electron chi connectivity index (χ0n) is 4.14. The highest BCUT2D eigenvalue weighted by Crippen LogP contribution is 1.89. The van der Waals surface area contributed by atoms with Gasteiger partial charge < -0.3 is 0 Å². The maximum absolute atomic E-state index is 7.83. The van der Waals surface area contributed by atoms with Crippen LogP contribution in [0.3, 0.4) is 0 Å². The van der Waals surface area contributed by atoms with Crippen LogP contribution in [0.25, 0.3) is 0 Å². The Morgan fingerprint density at radius 1 is 1.83 bits per heavy atom. The predicted octanol–water partition coefficient (Wildman–Crippen LogP) is 0.785. The Kier molecular flexibility index (Phi) is 3.08. The Labute approximate surface area is 38.2 Å². The first-order valence-corrected chi connectivity index (χ1v) is 2.11. The van der Waals surface area contributed by atoms with E-state index in [1.54, 1.807) is 6.92 Å². The van der Waals surface area contributed by atoms with Gasteiger partial charge in [0.25, 0.3) is 0 Å². The maximum atomic E-state index is 7.83. The molecule has 2 heteroatoms. The fourth-order valence-corrected chi connectivity index (χ4v) is 0.0745. The van der Waals surface area contributed by atoms with Crippen molar-refractivity contribution in [3.8, 4) is 0 Å². The van der Waals surface area contributed by atoms with Crippen molar-refractivity contribution in [3.05, 3.63) is 0 Å². The lowest BCUT2D eigenvalue weighted by atomic mass is 10.3. The van der Waals surface area contributed by atoms with Gasteiger partial charge in [-0.2, -0.15) is 0 Å². The van der Waals surface area contributed by atoms with Crippen LogP contribution in [0.2, 0.25) is 0 Å². The molecule has 2 nitrogen and oxygen atoms in total. The van der Waals surface area contributed by atoms with Gasteiger partial charge in [0.05, 0.1) is 6.10 Å². The quantitative estimate of drug-likeness (QED) is 0.458. The summed E-state index contributed by atoms with van der Waals surface area (Å²) in [5.41, 5.74) is 0. The van der Waals surface area contributed by atoms with Gasteiger partial charge >= 0.3 is 0 Å². The van der Waals surface area contributed by atoms with Crippen molar-refractivity contribution >= 4 is 0 Å². The van der Waals surface area contributed by atoms with Gasteiger partial charge in [0.1, 0.15) is 0 Å². The summed E-state index contributed by atoms with van der Waals surface area (Å²) in [5.74, 6) is 7.83. The van der Waals surface area contributed by atoms with E-state index in [-0.39, 0.29) is 6.10 Å². The van der Waals surface area contributed by atoms with Crippen LogP contribution in [-0.4, -0.2) is 6.10 Å². The lowest BCUT2D eigenvalue weighted by Gasteiger charge is -1.97. The Morgan fingerprint density at radius 3 is 2.33 bits per heavy atom. The summed E-state index contributed by atoms with van der Waals surface area (Å²) in [6.45, 7) is 3.75. The fourth-order valence-electron chi connectivity index (χ4n) is 0.0745. The average Bonchev–Trinajstić information content (AvgIpc) is 1.65. The van der Waals surface area contributed by atoms with E-state index in [0.29, 0.717) is 0 Å². The van der Waals surface area contributed by atoms with E-state index < -0.39 is 0 Å². The normalized spacial score (nSPS) is 14.5. The summed E-state index contributed by atoms with van der Waals surface area (Å²) in [6, 6.07) is 0. The monoisotopic (exact) mass is 87.1 g/mol. The molecule has 2 radical (unpaired) electrons. The molecular formula is C4H9NO. The minimum atomic E-state index is -0.00926. The lowest BCUT2D eigenvalue weighted by molar-refractivity contribution is 0.0476. The van der Waals surface area contributed by atoms with Gasteiger partial charge in [0, 0.05) is 5.90 Å². The van der Waals surface area contributed by atoms with Crippen LogP contribution in [-0.2, 0) is 4.84 Å². The molecule has 0 fully saturated rings. The minimum absolute atomic E-state index is 0.00926. The zero-order valence-corrected chi connectivity index (χ0v) is 4.14. The van der Waals surface area contributed by atoms with Gasteiger partial charge in [0.15, 0.2) is 0 Å². The van der Waals surface area contributed by atoms with E-state index in [4.69, 9.17) is 5.90 Å². The van der Waals surface area contributed by atoms with E-state index in [2.05, 4.69) is 4.84 Å². The molecule has 0 aliphatic rings. The summed E-state index contributed by atoms with van der Waals surface area (Å²) in [6.07, 6.45) is 0.848. The maximum Gasteiger partial charge on any atom is 0.0797 e. The highest BCUT2D eigenvalue weighted by Gasteiger charge is 1.91. The Balaban J connectivity index is 2.75. The summed E-state index contributed by atoms with van der Waals surface area (Å²) in [5, 5.41) is 0. The fraction of sp³-hybridized carbons (Fsp3) is 1.00. The van der Waals surface area contributed by atoms with E-state index in [0.717, 1.165) is 6.42 Å². The van der Waals surface area contributed by atoms with E-state index in [9.17, 15) is 0 Å². The van der Waals surface area contributed by atoms with Crippen molar-refractivity contribution in [1.29, 1.82) is 0 Å². The molecule has 0 saturated heterocycles. The molecule has 0 N–H and O–H groups in total. The molecule has 0 heterocycles. The smallest absolute Gasteiger partial charge is 0.0797 e. The zero-order chi connectivity index (χ0) is 4.99. The standard InChI is InChI=1S/C4H9NO/c1-3-4(2)6-5/h4H,3H2,1-2H3. The van der Waals surface area contributed by atoms with Crippen molar-refractivity contribution in [2.24, 2.45) is 0 Å². The minimum Gasteiger partial charge on any atom is -0.261 e. The van der Waals surface area contributed by atoms with Crippen LogP contribution < -0.4 is 5.90 Å². The second-order valence-corrected chi connectivity index (χ2v) is 1.32. The van der Waals surface area contributed by atoms with Crippen LogP contribution in [0.5, 0.6) is 0 Å². The molecule has 0 spiro atoms. The third-order valence-electron chi connectivity index (χ3n) is 0.755. The largest absolute Gasteiger partial charge is 0.261 e. The Hall–Kier alpha value is -0.0800. The van der Waals surface area contributed by atoms with Gasteiger partial charge in [-0.15, -0.1) is 0 Å². The van der Waals surface area contributed by atoms with E-state index in [1.807, 2.05) is 6.92 Å². The van der Waals surface area contributed by atoms with Crippen molar-refractivity contribution in [3.63, 3.8) is 0 Å². The van der Waals surface area contributed by atoms with Crippen molar-refractivity contribution in [2.75, 3.05) is 0 Å². The molecular weight excluding hydrogens is 78.0 g/mol. The molecule has 0 bridgehead atoms. The first-order valence-electron chi connectivity index (χ1n) is 2.11. The van der Waals surface area contributed by atoms with Gasteiger partial charge in [-0.25, -0.2) is 0 Å². The molecule has 0 aromatic carbocycles. The summed E-state index contributed by atoms with van der Waals surface area (Å²) in [4.78, 5) is 3.90. The molecule has 1 atom stereocenters. The molecule has 0 rings (SSSR count). The van der Waals surface area contributed by atoms with Gasteiger partial charge in [-0.1, -0.05) is 6.92 Å². The predicted molar refractivity (Wildman–Crippen MR) is 23.0 cm³/mol. The third kappa shape index (κ3) is 2.18. The topological polar surface area (TPSA) is 31.5 Å². The lowest BCUT2D eigenvalue weighted by Crippen LogP contribution is -2.02. The molecule has 0 aromatic heterocycles. The molecule has 0 aliphatic heterocycles. The van der Waals surface area contributed by atoms with Crippen LogP contribution in [0.15, 0.2) is 0 Å². The van der Waals surface area contributed by atoms with Crippen LogP contribution in [0.4, 0.5) is 0 Å². The second kappa shape index (κ2) is 3.12. The van der Waals surface area contributed by atoms with Gasteiger partial charge in [-0.3, -0.25) is 4.84 Å². The highest BCUT2D eigenvalue weighted by atomic mass is 16.6. The van der Waals surface area contributed by atoms with E-state index >= 15 is 0 Å². The number of hydrogen-bond donors (Lipinski definition) is 0. The first-order chi connectivity index (χ1) is 2.81. The van der Waals surface area contributed by atoms with E-state index in [1.165, 1.54) is 0 Å². The first kappa shape index (κ1) is 5.92. The summed E-state index contributed by atoms with van der Waals surface area (Å²) < 4.78 is 0. The molecule has 0 saturated carbocycles. The van der Waals surface area contributed by atoms with Crippen molar-refractivity contribution < 1.29 is 4.84 Å². The summed E-state index contributed by atoms with van der Waals surface area (Å²) >= 11 is 0. The van der Waals surface area contributed by atoms with Gasteiger partial charge in [-0.05, 0) is 13.3 Å². The van der Waals surface area contributed by atoms with Gasteiger partial charge in [0.2, 0.25) is 0 Å². The molecule has 0 amide bonds. The SMILES string of the molecule is CCC(C)O[N]. The average molecular weight is 87.1 g/mol. The van der Waals surface area contributed by atoms with Crippen molar-refractivity contribution in [1.82, 2.24) is 5.90 Å². The van der Waals surface area contributed by atoms with Crippen LogP contribution in [0.1, 0.15) is 20.3 Å². The van der Waals surface area contributed by atoms with Crippen molar-refractivity contribution in [2.45, 2.75) is 26.4 Å². The third-order valence-corrected chi connectivity index (χ3v) is 0.755. The Morgan fingerprint density at radius 2 is 2.33 bits per heavy atom. The Bertz CT molecular complexity index is 26.7. The molecule has 0 aliphatic carbocycles. The van der Waals surface area contributed by atoms with Crippen LogP contribution >= 0.6 is 0 Å². The molecule has 1 unspecified atom stereocenters. The highest BCUT2D eigenvalue weighted by molar-refractivity contribution is 4.37.